The molecule has 0 aromatic heterocycles. The van der Waals surface area contributed by atoms with Crippen molar-refractivity contribution in [1.82, 2.24) is 0 Å². The molecule has 0 saturated carbocycles. The summed E-state index contributed by atoms with van der Waals surface area (Å²) in [5.74, 6) is 3.99. The molecule has 2 heterocycles. The van der Waals surface area contributed by atoms with Crippen molar-refractivity contribution in [3.63, 3.8) is 0 Å². The normalized spacial score (nSPS) is 11.4. The molecule has 2 aliphatic heterocycles. The van der Waals surface area contributed by atoms with E-state index in [2.05, 4.69) is 150 Å². The molecule has 6 aromatic carbocycles. The Morgan fingerprint density at radius 1 is 0.566 bits per heavy atom. The Hall–Kier alpha value is -3.45. The van der Waals surface area contributed by atoms with Gasteiger partial charge in [0.1, 0.15) is 23.0 Å². The summed E-state index contributed by atoms with van der Waals surface area (Å²) < 4.78 is 12.4. The molecule has 2 N–H and O–H groups in total. The van der Waals surface area contributed by atoms with Gasteiger partial charge in [0.2, 0.25) is 0 Å². The molecule has 8 heteroatoms. The number of halogens is 3. The van der Waals surface area contributed by atoms with E-state index in [1.807, 2.05) is 12.1 Å². The first-order valence-corrected chi connectivity index (χ1v) is 17.5. The molecule has 0 aliphatic carbocycles. The molecule has 267 valence electrons. The fourth-order valence-electron chi connectivity index (χ4n) is 6.41. The predicted molar refractivity (Wildman–Crippen MR) is 217 cm³/mol. The van der Waals surface area contributed by atoms with Crippen LogP contribution in [0.4, 0.5) is 0 Å². The Labute approximate surface area is 355 Å². The van der Waals surface area contributed by atoms with Crippen LogP contribution in [0.5, 0.6) is 23.0 Å². The van der Waals surface area contributed by atoms with Gasteiger partial charge in [-0.1, -0.05) is 115 Å². The molecule has 0 spiro atoms. The van der Waals surface area contributed by atoms with Gasteiger partial charge in [0.05, 0.1) is 5.34 Å². The molecule has 3 nitrogen and oxygen atoms in total. The largest absolute Gasteiger partial charge is 1.00 e. The van der Waals surface area contributed by atoms with E-state index in [0.717, 1.165) is 39.0 Å². The number of ether oxygens (including phenoxy) is 2. The van der Waals surface area contributed by atoms with E-state index in [9.17, 15) is 0 Å². The topological polar surface area (TPSA) is 50.0 Å². The Morgan fingerprint density at radius 3 is 1.53 bits per heavy atom. The van der Waals surface area contributed by atoms with Gasteiger partial charge in [0.25, 0.3) is 0 Å². The Morgan fingerprint density at radius 2 is 1.00 bits per heavy atom. The molecule has 0 saturated heterocycles. The van der Waals surface area contributed by atoms with Crippen LogP contribution in [0.1, 0.15) is 63.0 Å². The molecule has 2 aliphatic rings. The second-order valence-corrected chi connectivity index (χ2v) is 13.6. The Kier molecular flexibility index (Phi) is 17.5. The zero-order chi connectivity index (χ0) is 34.7. The molecule has 0 bridgehead atoms. The summed E-state index contributed by atoms with van der Waals surface area (Å²) in [4.78, 5) is 0. The Balaban J connectivity index is 0.000000463. The zero-order valence-electron chi connectivity index (χ0n) is 32.1. The third-order valence-electron chi connectivity index (χ3n) is 8.87. The van der Waals surface area contributed by atoms with Gasteiger partial charge in [-0.25, -0.2) is 0 Å². The van der Waals surface area contributed by atoms with Crippen molar-refractivity contribution in [2.75, 3.05) is 5.34 Å². The number of fused-ring (bicyclic) bond motifs is 4. The van der Waals surface area contributed by atoms with Crippen molar-refractivity contribution in [1.29, 1.82) is 0 Å². The van der Waals surface area contributed by atoms with Crippen molar-refractivity contribution < 1.29 is 58.3 Å². The fourth-order valence-corrected chi connectivity index (χ4v) is 6.41. The van der Waals surface area contributed by atoms with Crippen molar-refractivity contribution >= 4 is 43.8 Å². The predicted octanol–water partition coefficient (Wildman–Crippen LogP) is 4.30. The van der Waals surface area contributed by atoms with E-state index in [-0.39, 0.29) is 68.5 Å². The van der Waals surface area contributed by atoms with Crippen LogP contribution < -0.4 is 61.9 Å². The van der Waals surface area contributed by atoms with E-state index < -0.39 is 0 Å². The molecule has 53 heavy (non-hydrogen) atoms. The van der Waals surface area contributed by atoms with Gasteiger partial charge < -0.3 is 28.8 Å². The van der Waals surface area contributed by atoms with Crippen molar-refractivity contribution in [3.8, 4) is 23.0 Å². The SMILES string of the molecule is C=c1ccc2c(c1)Oc1cc(C)ccc1C=2c1ccc(C)cc1.Cc1ccc(C2c3ccc(C)cc3Oc3cc(C)ccc32)cc1.ClCCl.O.[B].[Cl-].[H-].[Na+]. The van der Waals surface area contributed by atoms with E-state index in [1.165, 1.54) is 55.6 Å². The van der Waals surface area contributed by atoms with Gasteiger partial charge in [-0.05, 0) is 91.9 Å². The minimum Gasteiger partial charge on any atom is -1.00 e. The number of benzene rings is 6. The third-order valence-corrected chi connectivity index (χ3v) is 8.87. The first-order valence-electron chi connectivity index (χ1n) is 16.4. The average molecular weight is 772 g/mol. The summed E-state index contributed by atoms with van der Waals surface area (Å²) in [5.41, 5.74) is 13.6. The summed E-state index contributed by atoms with van der Waals surface area (Å²) in [7, 11) is 0. The fraction of sp³-hybridized carbons (Fsp3) is 0.156. The quantitative estimate of drug-likeness (QED) is 0.195. The summed E-state index contributed by atoms with van der Waals surface area (Å²) >= 11 is 9.53. The third kappa shape index (κ3) is 10.4. The summed E-state index contributed by atoms with van der Waals surface area (Å²) in [6.45, 7) is 14.6. The maximum atomic E-state index is 6.21. The van der Waals surface area contributed by atoms with Gasteiger partial charge >= 0.3 is 29.6 Å². The van der Waals surface area contributed by atoms with Crippen LogP contribution in [0, 0.1) is 34.6 Å². The second kappa shape index (κ2) is 20.3. The number of hydrogen-bond donors (Lipinski definition) is 0. The molecular weight excluding hydrogens is 729 g/mol. The maximum absolute atomic E-state index is 6.21. The van der Waals surface area contributed by atoms with Gasteiger partial charge in [-0.3, -0.25) is 0 Å². The smallest absolute Gasteiger partial charge is 1.00 e. The molecule has 3 radical (unpaired) electrons. The van der Waals surface area contributed by atoms with Crippen LogP contribution in [0.3, 0.4) is 0 Å². The van der Waals surface area contributed by atoms with Crippen molar-refractivity contribution in [2.24, 2.45) is 0 Å². The molecule has 0 fully saturated rings. The van der Waals surface area contributed by atoms with Crippen molar-refractivity contribution in [3.05, 3.63) is 187 Å². The molecule has 0 amide bonds. The van der Waals surface area contributed by atoms with Gasteiger partial charge in [0, 0.05) is 41.8 Å². The number of rotatable bonds is 2. The van der Waals surface area contributed by atoms with Gasteiger partial charge in [-0.15, -0.1) is 23.2 Å². The molecular formula is C45H43BCl3NaO3-. The van der Waals surface area contributed by atoms with E-state index in [1.54, 1.807) is 0 Å². The maximum Gasteiger partial charge on any atom is 1.00 e. The minimum absolute atomic E-state index is 0. The number of hydrogen-bond acceptors (Lipinski definition) is 2. The van der Waals surface area contributed by atoms with Crippen LogP contribution >= 0.6 is 23.2 Å². The minimum atomic E-state index is 0. The Bertz CT molecular complexity index is 2210. The number of aryl methyl sites for hydroxylation is 5. The molecule has 0 atom stereocenters. The molecule has 0 unspecified atom stereocenters. The van der Waals surface area contributed by atoms with Crippen LogP contribution in [-0.2, 0) is 0 Å². The monoisotopic (exact) mass is 770 g/mol. The van der Waals surface area contributed by atoms with E-state index >= 15 is 0 Å². The first kappa shape index (κ1) is 45.7. The molecule has 6 aromatic rings. The average Bonchev–Trinajstić information content (AvgIpc) is 3.07. The second-order valence-electron chi connectivity index (χ2n) is 12.8. The van der Waals surface area contributed by atoms with Crippen LogP contribution in [0.2, 0.25) is 0 Å². The van der Waals surface area contributed by atoms with Gasteiger partial charge in [-0.2, -0.15) is 0 Å². The van der Waals surface area contributed by atoms with E-state index in [0.29, 0.717) is 0 Å². The summed E-state index contributed by atoms with van der Waals surface area (Å²) in [6.07, 6.45) is 0. The van der Waals surface area contributed by atoms with Crippen molar-refractivity contribution in [2.45, 2.75) is 40.5 Å². The van der Waals surface area contributed by atoms with E-state index in [4.69, 9.17) is 32.7 Å². The first-order chi connectivity index (χ1) is 23.6. The van der Waals surface area contributed by atoms with Crippen LogP contribution in [0.25, 0.3) is 12.2 Å². The van der Waals surface area contributed by atoms with Crippen LogP contribution in [0.15, 0.2) is 121 Å². The van der Waals surface area contributed by atoms with Gasteiger partial charge in [0.15, 0.2) is 0 Å². The standard InChI is InChI=1S/C22H20O.C22H18O.CH2Cl2.B.ClH.Na.H2O.H/c2*1-14-4-8-17(9-5-14)22-18-10-6-15(2)12-20(18)23-21-13-16(3)7-11-19(21)22;2-1-3;;;;;/h4-13,22H,1-3H3;4-13H,2H2,1,3H3;1H2;;1H;;1H2;/q;;;;;+1;;-1/p-1. The van der Waals surface area contributed by atoms with Crippen LogP contribution in [-0.4, -0.2) is 19.2 Å². The summed E-state index contributed by atoms with van der Waals surface area (Å²) in [5, 5.41) is 2.28. The zero-order valence-corrected chi connectivity index (χ0v) is 35.3. The summed E-state index contributed by atoms with van der Waals surface area (Å²) in [6, 6.07) is 43.1. The molecule has 8 rings (SSSR count). The number of alkyl halides is 2.